The summed E-state index contributed by atoms with van der Waals surface area (Å²) in [7, 11) is 1.42. The quantitative estimate of drug-likeness (QED) is 0.908. The van der Waals surface area contributed by atoms with Crippen LogP contribution in [-0.2, 0) is 0 Å². The first-order chi connectivity index (χ1) is 7.69. The van der Waals surface area contributed by atoms with Crippen LogP contribution in [0.4, 0.5) is 0 Å². The molecule has 0 unspecified atom stereocenters. The lowest BCUT2D eigenvalue weighted by atomic mass is 10.2. The van der Waals surface area contributed by atoms with E-state index in [0.29, 0.717) is 5.82 Å². The largest absolute Gasteiger partial charge is 0.467 e. The van der Waals surface area contributed by atoms with Crippen molar-refractivity contribution in [3.63, 3.8) is 0 Å². The second-order valence-corrected chi connectivity index (χ2v) is 3.91. The zero-order valence-electron chi connectivity index (χ0n) is 8.40. The lowest BCUT2D eigenvalue weighted by Gasteiger charge is -2.02. The lowest BCUT2D eigenvalue weighted by Crippen LogP contribution is -2.14. The molecule has 5 nitrogen and oxygen atoms in total. The summed E-state index contributed by atoms with van der Waals surface area (Å²) in [5.74, 6) is 0.435. The number of aromatic amines is 1. The zero-order valence-corrected chi connectivity index (χ0v) is 9.98. The Morgan fingerprint density at radius 3 is 2.56 bits per heavy atom. The van der Waals surface area contributed by atoms with E-state index >= 15 is 0 Å². The Hall–Kier alpha value is -1.69. The molecular weight excluding hydrogens is 274 g/mol. The van der Waals surface area contributed by atoms with Crippen LogP contribution in [0.5, 0.6) is 6.01 Å². The van der Waals surface area contributed by atoms with Gasteiger partial charge in [-0.15, -0.1) is 4.98 Å². The third-order valence-electron chi connectivity index (χ3n) is 1.93. The number of nitrogens with one attached hydrogen (secondary N) is 1. The van der Waals surface area contributed by atoms with Gasteiger partial charge in [-0.1, -0.05) is 28.1 Å². The molecule has 0 fully saturated rings. The molecule has 82 valence electrons. The maximum Gasteiger partial charge on any atom is 0.351 e. The van der Waals surface area contributed by atoms with E-state index < -0.39 is 5.69 Å². The van der Waals surface area contributed by atoms with Gasteiger partial charge in [0.2, 0.25) is 0 Å². The molecule has 1 aromatic carbocycles. The highest BCUT2D eigenvalue weighted by molar-refractivity contribution is 9.10. The molecule has 1 N–H and O–H groups in total. The smallest absolute Gasteiger partial charge is 0.351 e. The van der Waals surface area contributed by atoms with E-state index in [1.165, 1.54) is 7.11 Å². The third-order valence-corrected chi connectivity index (χ3v) is 2.46. The molecule has 1 heterocycles. The van der Waals surface area contributed by atoms with Crippen LogP contribution < -0.4 is 10.4 Å². The first kappa shape index (κ1) is 10.8. The number of methoxy groups -OCH3 is 1. The average molecular weight is 282 g/mol. The fourth-order valence-corrected chi connectivity index (χ4v) is 1.46. The fraction of sp³-hybridized carbons (Fsp3) is 0.100. The molecule has 0 saturated heterocycles. The van der Waals surface area contributed by atoms with E-state index in [0.717, 1.165) is 10.0 Å². The van der Waals surface area contributed by atoms with E-state index in [-0.39, 0.29) is 6.01 Å². The molecule has 0 aliphatic rings. The minimum atomic E-state index is -0.482. The van der Waals surface area contributed by atoms with Crippen LogP contribution in [0.25, 0.3) is 11.4 Å². The van der Waals surface area contributed by atoms with E-state index in [2.05, 4.69) is 30.9 Å². The van der Waals surface area contributed by atoms with Crippen molar-refractivity contribution < 1.29 is 4.74 Å². The Morgan fingerprint density at radius 1 is 1.25 bits per heavy atom. The van der Waals surface area contributed by atoms with Crippen molar-refractivity contribution in [3.8, 4) is 17.4 Å². The summed E-state index contributed by atoms with van der Waals surface area (Å²) in [5.41, 5.74) is 0.311. The first-order valence-electron chi connectivity index (χ1n) is 4.47. The number of H-pyrrole nitrogens is 1. The summed E-state index contributed by atoms with van der Waals surface area (Å²) < 4.78 is 5.79. The zero-order chi connectivity index (χ0) is 11.5. The van der Waals surface area contributed by atoms with Crippen LogP contribution in [0, 0.1) is 0 Å². The Bertz CT molecular complexity index is 551. The third kappa shape index (κ3) is 2.27. The SMILES string of the molecule is COc1nc(-c2ccc(Br)cc2)[nH]c(=O)n1. The van der Waals surface area contributed by atoms with Gasteiger partial charge in [-0.25, -0.2) is 4.79 Å². The van der Waals surface area contributed by atoms with Crippen molar-refractivity contribution in [3.05, 3.63) is 39.2 Å². The molecule has 0 radical (unpaired) electrons. The van der Waals surface area contributed by atoms with Crippen molar-refractivity contribution in [2.24, 2.45) is 0 Å². The molecule has 16 heavy (non-hydrogen) atoms. The summed E-state index contributed by atoms with van der Waals surface area (Å²) in [6, 6.07) is 7.45. The number of rotatable bonds is 2. The second kappa shape index (κ2) is 4.44. The molecule has 6 heteroatoms. The molecule has 2 rings (SSSR count). The maximum absolute atomic E-state index is 11.2. The molecule has 1 aromatic heterocycles. The number of aromatic nitrogens is 3. The summed E-state index contributed by atoms with van der Waals surface area (Å²) in [6.07, 6.45) is 0. The molecular formula is C10H8BrN3O2. The highest BCUT2D eigenvalue weighted by Gasteiger charge is 2.04. The van der Waals surface area contributed by atoms with Gasteiger partial charge in [-0.05, 0) is 12.1 Å². The van der Waals surface area contributed by atoms with Gasteiger partial charge in [0, 0.05) is 10.0 Å². The van der Waals surface area contributed by atoms with Gasteiger partial charge in [0.1, 0.15) is 5.82 Å². The van der Waals surface area contributed by atoms with E-state index in [1.807, 2.05) is 24.3 Å². The van der Waals surface area contributed by atoms with Gasteiger partial charge in [0.05, 0.1) is 7.11 Å². The topological polar surface area (TPSA) is 67.9 Å². The van der Waals surface area contributed by atoms with Gasteiger partial charge in [-0.3, -0.25) is 4.98 Å². The normalized spacial score (nSPS) is 10.1. The van der Waals surface area contributed by atoms with Gasteiger partial charge in [-0.2, -0.15) is 4.98 Å². The molecule has 0 saturated carbocycles. The van der Waals surface area contributed by atoms with Crippen LogP contribution in [0.2, 0.25) is 0 Å². The van der Waals surface area contributed by atoms with Gasteiger partial charge in [0.25, 0.3) is 0 Å². The van der Waals surface area contributed by atoms with Gasteiger partial charge >= 0.3 is 11.7 Å². The van der Waals surface area contributed by atoms with E-state index in [4.69, 9.17) is 4.74 Å². The highest BCUT2D eigenvalue weighted by Crippen LogP contribution is 2.18. The Labute approximate surface area is 99.7 Å². The van der Waals surface area contributed by atoms with Crippen LogP contribution in [-0.4, -0.2) is 22.1 Å². The summed E-state index contributed by atoms with van der Waals surface area (Å²) in [4.78, 5) is 21.3. The highest BCUT2D eigenvalue weighted by atomic mass is 79.9. The van der Waals surface area contributed by atoms with E-state index in [1.54, 1.807) is 0 Å². The number of nitrogens with zero attached hydrogens (tertiary/aromatic N) is 2. The van der Waals surface area contributed by atoms with E-state index in [9.17, 15) is 4.79 Å². The Morgan fingerprint density at radius 2 is 1.94 bits per heavy atom. The molecule has 2 aromatic rings. The molecule has 0 bridgehead atoms. The monoisotopic (exact) mass is 281 g/mol. The number of halogens is 1. The predicted octanol–water partition coefficient (Wildman–Crippen LogP) is 1.60. The molecule has 0 aliphatic carbocycles. The number of ether oxygens (including phenoxy) is 1. The number of hydrogen-bond acceptors (Lipinski definition) is 4. The summed E-state index contributed by atoms with van der Waals surface area (Å²) in [6.45, 7) is 0. The second-order valence-electron chi connectivity index (χ2n) is 3.00. The standard InChI is InChI=1S/C10H8BrN3O2/c1-16-10-13-8(12-9(15)14-10)6-2-4-7(11)5-3-6/h2-5H,1H3,(H,12,13,14,15). The first-order valence-corrected chi connectivity index (χ1v) is 5.26. The van der Waals surface area contributed by atoms with Crippen molar-refractivity contribution in [1.29, 1.82) is 0 Å². The molecule has 0 spiro atoms. The number of benzene rings is 1. The molecule has 0 amide bonds. The fourth-order valence-electron chi connectivity index (χ4n) is 1.20. The van der Waals surface area contributed by atoms with Crippen LogP contribution in [0.3, 0.4) is 0 Å². The lowest BCUT2D eigenvalue weighted by molar-refractivity contribution is 0.377. The predicted molar refractivity (Wildman–Crippen MR) is 62.3 cm³/mol. The minimum Gasteiger partial charge on any atom is -0.467 e. The maximum atomic E-state index is 11.2. The Balaban J connectivity index is 2.51. The molecule has 0 atom stereocenters. The Kier molecular flexibility index (Phi) is 3.00. The molecule has 0 aliphatic heterocycles. The van der Waals surface area contributed by atoms with Crippen molar-refractivity contribution >= 4 is 15.9 Å². The summed E-state index contributed by atoms with van der Waals surface area (Å²) >= 11 is 3.33. The van der Waals surface area contributed by atoms with Crippen LogP contribution in [0.1, 0.15) is 0 Å². The minimum absolute atomic E-state index is 0.0571. The van der Waals surface area contributed by atoms with Crippen molar-refractivity contribution in [2.75, 3.05) is 7.11 Å². The van der Waals surface area contributed by atoms with Crippen molar-refractivity contribution in [2.45, 2.75) is 0 Å². The summed E-state index contributed by atoms with van der Waals surface area (Å²) in [5, 5.41) is 0. The van der Waals surface area contributed by atoms with Gasteiger partial charge in [0.15, 0.2) is 0 Å². The average Bonchev–Trinajstić information content (AvgIpc) is 2.29. The van der Waals surface area contributed by atoms with Crippen LogP contribution in [0.15, 0.2) is 33.5 Å². The van der Waals surface area contributed by atoms with Gasteiger partial charge < -0.3 is 4.74 Å². The number of hydrogen-bond donors (Lipinski definition) is 1. The van der Waals surface area contributed by atoms with Crippen molar-refractivity contribution in [1.82, 2.24) is 15.0 Å². The van der Waals surface area contributed by atoms with Crippen LogP contribution >= 0.6 is 15.9 Å².